The van der Waals surface area contributed by atoms with Crippen molar-refractivity contribution in [1.82, 2.24) is 19.5 Å². The quantitative estimate of drug-likeness (QED) is 0.545. The summed E-state index contributed by atoms with van der Waals surface area (Å²) in [4.78, 5) is 12.7. The van der Waals surface area contributed by atoms with Gasteiger partial charge in [0, 0.05) is 6.54 Å². The second-order valence-electron chi connectivity index (χ2n) is 6.06. The molecule has 3 heterocycles. The van der Waals surface area contributed by atoms with Crippen molar-refractivity contribution in [3.63, 3.8) is 0 Å². The Labute approximate surface area is 145 Å². The zero-order valence-electron chi connectivity index (χ0n) is 14.2. The van der Waals surface area contributed by atoms with Crippen molar-refractivity contribution in [2.45, 2.75) is 44.8 Å². The highest BCUT2D eigenvalue weighted by molar-refractivity contribution is 5.82. The molecule has 1 saturated heterocycles. The number of imidazole rings is 1. The summed E-state index contributed by atoms with van der Waals surface area (Å²) in [6, 6.07) is 0. The Morgan fingerprint density at radius 2 is 2.12 bits per heavy atom. The van der Waals surface area contributed by atoms with Crippen LogP contribution in [0.25, 0.3) is 11.2 Å². The molecule has 9 heteroatoms. The van der Waals surface area contributed by atoms with E-state index in [1.807, 2.05) is 0 Å². The molecule has 4 atom stereocenters. The summed E-state index contributed by atoms with van der Waals surface area (Å²) in [5.41, 5.74) is 2.29. The minimum Gasteiger partial charge on any atom is -0.394 e. The van der Waals surface area contributed by atoms with Crippen LogP contribution in [-0.2, 0) is 4.74 Å². The van der Waals surface area contributed by atoms with Crippen LogP contribution < -0.4 is 5.32 Å². The minimum absolute atomic E-state index is 0.383. The van der Waals surface area contributed by atoms with E-state index in [4.69, 9.17) is 4.74 Å². The van der Waals surface area contributed by atoms with E-state index in [1.54, 1.807) is 4.57 Å². The molecule has 0 aromatic carbocycles. The van der Waals surface area contributed by atoms with Gasteiger partial charge in [-0.15, -0.1) is 0 Å². The van der Waals surface area contributed by atoms with Crippen molar-refractivity contribution < 1.29 is 20.1 Å². The number of hydrogen-bond acceptors (Lipinski definition) is 8. The molecule has 3 rings (SSSR count). The van der Waals surface area contributed by atoms with E-state index >= 15 is 0 Å². The molecule has 0 amide bonds. The van der Waals surface area contributed by atoms with Gasteiger partial charge in [0.15, 0.2) is 23.2 Å². The van der Waals surface area contributed by atoms with Crippen molar-refractivity contribution in [3.05, 3.63) is 24.3 Å². The van der Waals surface area contributed by atoms with Gasteiger partial charge in [0.25, 0.3) is 0 Å². The molecule has 0 aliphatic carbocycles. The van der Waals surface area contributed by atoms with Crippen LogP contribution in [0.3, 0.4) is 0 Å². The maximum absolute atomic E-state index is 10.2. The molecule has 0 saturated carbocycles. The lowest BCUT2D eigenvalue weighted by atomic mass is 10.1. The van der Waals surface area contributed by atoms with Crippen LogP contribution in [0.2, 0.25) is 0 Å². The predicted octanol–water partition coefficient (Wildman–Crippen LogP) is 0.206. The molecule has 0 bridgehead atoms. The first kappa shape index (κ1) is 17.7. The second-order valence-corrected chi connectivity index (χ2v) is 6.06. The van der Waals surface area contributed by atoms with Crippen LogP contribution in [0.15, 0.2) is 24.3 Å². The number of fused-ring (bicyclic) bond motifs is 1. The van der Waals surface area contributed by atoms with Gasteiger partial charge in [0.1, 0.15) is 24.6 Å². The average Bonchev–Trinajstić information content (AvgIpc) is 3.17. The molecule has 4 N–H and O–H groups in total. The van der Waals surface area contributed by atoms with Crippen LogP contribution in [-0.4, -0.2) is 66.3 Å². The largest absolute Gasteiger partial charge is 0.394 e. The van der Waals surface area contributed by atoms with Gasteiger partial charge >= 0.3 is 0 Å². The number of anilines is 1. The Hall–Kier alpha value is -2.07. The van der Waals surface area contributed by atoms with Gasteiger partial charge in [-0.05, 0) is 13.3 Å². The highest BCUT2D eigenvalue weighted by Gasteiger charge is 2.44. The zero-order valence-corrected chi connectivity index (χ0v) is 14.2. The van der Waals surface area contributed by atoms with Crippen LogP contribution in [0.1, 0.15) is 26.5 Å². The van der Waals surface area contributed by atoms with E-state index in [0.29, 0.717) is 23.5 Å². The van der Waals surface area contributed by atoms with Crippen LogP contribution >= 0.6 is 0 Å². The normalized spacial score (nSPS) is 27.2. The molecule has 0 spiro atoms. The van der Waals surface area contributed by atoms with Gasteiger partial charge in [0.2, 0.25) is 0 Å². The number of ether oxygens (including phenoxy) is 1. The molecule has 0 unspecified atom stereocenters. The number of hydrogen-bond donors (Lipinski definition) is 4. The molecule has 2 aromatic rings. The molecule has 9 nitrogen and oxygen atoms in total. The predicted molar refractivity (Wildman–Crippen MR) is 90.9 cm³/mol. The Morgan fingerprint density at radius 1 is 1.32 bits per heavy atom. The molecule has 25 heavy (non-hydrogen) atoms. The fourth-order valence-electron chi connectivity index (χ4n) is 2.74. The van der Waals surface area contributed by atoms with E-state index in [1.165, 1.54) is 18.2 Å². The Kier molecular flexibility index (Phi) is 5.28. The van der Waals surface area contributed by atoms with Gasteiger partial charge in [0.05, 0.1) is 12.9 Å². The van der Waals surface area contributed by atoms with Crippen molar-refractivity contribution in [1.29, 1.82) is 0 Å². The van der Waals surface area contributed by atoms with Crippen molar-refractivity contribution in [3.8, 4) is 0 Å². The number of nitrogens with one attached hydrogen (secondary N) is 1. The van der Waals surface area contributed by atoms with E-state index in [0.717, 1.165) is 6.42 Å². The highest BCUT2D eigenvalue weighted by Crippen LogP contribution is 2.31. The third-order valence-electron chi connectivity index (χ3n) is 4.43. The molecular formula is C16H23N5O4. The maximum atomic E-state index is 10.2. The van der Waals surface area contributed by atoms with Crippen molar-refractivity contribution in [2.75, 3.05) is 18.5 Å². The van der Waals surface area contributed by atoms with Gasteiger partial charge < -0.3 is 25.4 Å². The van der Waals surface area contributed by atoms with Crippen molar-refractivity contribution in [2.24, 2.45) is 0 Å². The van der Waals surface area contributed by atoms with Crippen LogP contribution in [0.4, 0.5) is 5.82 Å². The topological polar surface area (TPSA) is 126 Å². The fraction of sp³-hybridized carbons (Fsp3) is 0.562. The standard InChI is InChI=1S/C16H23N5O4/c1-3-9(2)4-5-17-14-11-15(19-7-18-14)21(8-20-11)16-13(24)12(23)10(6-22)25-16/h4,7-8,10,12-13,16,22-24H,3,5-6H2,1-2H3,(H,17,18,19)/b9-4-/t10-,12-,13-,16-/m1/s1. The number of aliphatic hydroxyl groups is 3. The number of allylic oxidation sites excluding steroid dienone is 1. The number of aromatic nitrogens is 4. The molecule has 1 aliphatic heterocycles. The highest BCUT2D eigenvalue weighted by atomic mass is 16.6. The molecule has 2 aromatic heterocycles. The first-order valence-corrected chi connectivity index (χ1v) is 8.26. The lowest BCUT2D eigenvalue weighted by Gasteiger charge is -2.16. The molecule has 1 aliphatic rings. The van der Waals surface area contributed by atoms with E-state index < -0.39 is 24.5 Å². The van der Waals surface area contributed by atoms with Crippen molar-refractivity contribution >= 4 is 17.0 Å². The number of rotatable bonds is 6. The summed E-state index contributed by atoms with van der Waals surface area (Å²) < 4.78 is 7.08. The second kappa shape index (κ2) is 7.44. The maximum Gasteiger partial charge on any atom is 0.167 e. The third kappa shape index (κ3) is 3.36. The first-order chi connectivity index (χ1) is 12.1. The lowest BCUT2D eigenvalue weighted by Crippen LogP contribution is -2.33. The number of aliphatic hydroxyl groups excluding tert-OH is 3. The minimum atomic E-state index is -1.18. The van der Waals surface area contributed by atoms with Gasteiger partial charge in [-0.3, -0.25) is 4.57 Å². The summed E-state index contributed by atoms with van der Waals surface area (Å²) in [6.45, 7) is 4.39. The molecule has 0 radical (unpaired) electrons. The summed E-state index contributed by atoms with van der Waals surface area (Å²) in [6.07, 6.45) is 1.88. The lowest BCUT2D eigenvalue weighted by molar-refractivity contribution is -0.0511. The Morgan fingerprint density at radius 3 is 2.80 bits per heavy atom. The first-order valence-electron chi connectivity index (χ1n) is 8.26. The smallest absolute Gasteiger partial charge is 0.167 e. The molecule has 1 fully saturated rings. The summed E-state index contributed by atoms with van der Waals surface area (Å²) in [7, 11) is 0. The van der Waals surface area contributed by atoms with Gasteiger partial charge in [-0.1, -0.05) is 18.6 Å². The van der Waals surface area contributed by atoms with E-state index in [-0.39, 0.29) is 6.61 Å². The third-order valence-corrected chi connectivity index (χ3v) is 4.43. The SMILES string of the molecule is CC/C(C)=C\CNc1ncnc2c1ncn2[C@@H]1O[C@H](CO)[C@@H](O)[C@H]1O. The summed E-state index contributed by atoms with van der Waals surface area (Å²) in [5, 5.41) is 32.5. The number of nitrogens with zero attached hydrogens (tertiary/aromatic N) is 4. The average molecular weight is 349 g/mol. The Bertz CT molecular complexity index is 762. The molecule has 136 valence electrons. The zero-order chi connectivity index (χ0) is 18.0. The monoisotopic (exact) mass is 349 g/mol. The van der Waals surface area contributed by atoms with Gasteiger partial charge in [-0.25, -0.2) is 15.0 Å². The Balaban J connectivity index is 1.86. The van der Waals surface area contributed by atoms with Gasteiger partial charge in [-0.2, -0.15) is 0 Å². The van der Waals surface area contributed by atoms with Crippen LogP contribution in [0.5, 0.6) is 0 Å². The fourth-order valence-corrected chi connectivity index (χ4v) is 2.74. The van der Waals surface area contributed by atoms with E-state index in [2.05, 4.69) is 40.2 Å². The van der Waals surface area contributed by atoms with Crippen LogP contribution in [0, 0.1) is 0 Å². The summed E-state index contributed by atoms with van der Waals surface area (Å²) >= 11 is 0. The van der Waals surface area contributed by atoms with E-state index in [9.17, 15) is 15.3 Å². The molecular weight excluding hydrogens is 326 g/mol. The summed E-state index contributed by atoms with van der Waals surface area (Å²) in [5.74, 6) is 0.579.